The molecule has 2 aromatic carbocycles. The molecule has 5 nitrogen and oxygen atoms in total. The second-order valence-corrected chi connectivity index (χ2v) is 11.4. The summed E-state index contributed by atoms with van der Waals surface area (Å²) in [7, 11) is 3.66. The number of hydrogen-bond donors (Lipinski definition) is 1. The van der Waals surface area contributed by atoms with Crippen LogP contribution in [0.4, 0.5) is 13.2 Å². The van der Waals surface area contributed by atoms with Crippen molar-refractivity contribution >= 4 is 11.5 Å². The SMILES string of the molecule is CCC(=O)O.CCCN(C)CCC1CC1.COOCc1ccccc1CC(=C(C)C)/C(CC(F)(F)F)=C(\C)c1ccccc1. The second kappa shape index (κ2) is 20.9. The summed E-state index contributed by atoms with van der Waals surface area (Å²) in [5, 5.41) is 7.72. The molecule has 0 aromatic heterocycles. The van der Waals surface area contributed by atoms with E-state index >= 15 is 0 Å². The van der Waals surface area contributed by atoms with Gasteiger partial charge < -0.3 is 10.0 Å². The minimum Gasteiger partial charge on any atom is -0.481 e. The number of carboxylic acids is 1. The molecule has 3 rings (SSSR count). The number of rotatable bonds is 14. The van der Waals surface area contributed by atoms with Gasteiger partial charge in [0.2, 0.25) is 0 Å². The van der Waals surface area contributed by atoms with Crippen LogP contribution in [0.5, 0.6) is 0 Å². The zero-order chi connectivity index (χ0) is 33.1. The number of alkyl halides is 3. The van der Waals surface area contributed by atoms with E-state index in [1.165, 1.54) is 45.9 Å². The number of allylic oxidation sites excluding steroid dienone is 4. The highest BCUT2D eigenvalue weighted by Gasteiger charge is 2.31. The van der Waals surface area contributed by atoms with Crippen LogP contribution in [0.3, 0.4) is 0 Å². The van der Waals surface area contributed by atoms with Crippen molar-refractivity contribution in [3.05, 3.63) is 88.0 Å². The fraction of sp³-hybridized carbons (Fsp3) is 0.528. The van der Waals surface area contributed by atoms with E-state index in [1.807, 2.05) is 68.4 Å². The lowest BCUT2D eigenvalue weighted by molar-refractivity contribution is -0.282. The second-order valence-electron chi connectivity index (χ2n) is 11.4. The maximum atomic E-state index is 13.5. The molecule has 0 amide bonds. The van der Waals surface area contributed by atoms with E-state index in [0.29, 0.717) is 23.1 Å². The van der Waals surface area contributed by atoms with E-state index in [2.05, 4.69) is 18.9 Å². The highest BCUT2D eigenvalue weighted by Crippen LogP contribution is 2.37. The Kier molecular flexibility index (Phi) is 18.6. The van der Waals surface area contributed by atoms with E-state index in [-0.39, 0.29) is 13.0 Å². The molecule has 1 aliphatic rings. The van der Waals surface area contributed by atoms with Gasteiger partial charge in [-0.15, -0.1) is 0 Å². The van der Waals surface area contributed by atoms with E-state index < -0.39 is 18.6 Å². The molecule has 0 radical (unpaired) electrons. The average molecular weight is 620 g/mol. The molecule has 0 saturated heterocycles. The van der Waals surface area contributed by atoms with Crippen LogP contribution >= 0.6 is 0 Å². The molecule has 1 N–H and O–H groups in total. The third-order valence-electron chi connectivity index (χ3n) is 7.35. The summed E-state index contributed by atoms with van der Waals surface area (Å²) in [5.74, 6) is 0.351. The van der Waals surface area contributed by atoms with Crippen molar-refractivity contribution < 1.29 is 32.8 Å². The Morgan fingerprint density at radius 2 is 1.50 bits per heavy atom. The lowest BCUT2D eigenvalue weighted by Gasteiger charge is -2.21. The molecule has 1 aliphatic carbocycles. The van der Waals surface area contributed by atoms with Gasteiger partial charge in [-0.2, -0.15) is 13.2 Å². The lowest BCUT2D eigenvalue weighted by Crippen LogP contribution is -2.20. The Morgan fingerprint density at radius 3 is 1.98 bits per heavy atom. The number of hydrogen-bond acceptors (Lipinski definition) is 4. The molecule has 0 atom stereocenters. The van der Waals surface area contributed by atoms with Gasteiger partial charge in [-0.25, -0.2) is 9.78 Å². The summed E-state index contributed by atoms with van der Waals surface area (Å²) in [4.78, 5) is 21.6. The Bertz CT molecular complexity index is 1170. The molecule has 246 valence electrons. The van der Waals surface area contributed by atoms with Gasteiger partial charge in [-0.05, 0) is 99.5 Å². The smallest absolute Gasteiger partial charge is 0.393 e. The molecular weight excluding hydrogens is 567 g/mol. The minimum atomic E-state index is -4.30. The van der Waals surface area contributed by atoms with Crippen molar-refractivity contribution in [2.24, 2.45) is 5.92 Å². The molecule has 44 heavy (non-hydrogen) atoms. The molecule has 0 aliphatic heterocycles. The third kappa shape index (κ3) is 16.8. The van der Waals surface area contributed by atoms with Crippen LogP contribution in [-0.4, -0.2) is 49.4 Å². The van der Waals surface area contributed by atoms with Crippen LogP contribution in [0.25, 0.3) is 5.57 Å². The lowest BCUT2D eigenvalue weighted by atomic mass is 9.86. The maximum Gasteiger partial charge on any atom is 0.393 e. The van der Waals surface area contributed by atoms with Crippen LogP contribution in [0.1, 0.15) is 89.8 Å². The molecule has 0 unspecified atom stereocenters. The summed E-state index contributed by atoms with van der Waals surface area (Å²) in [6.07, 6.45) is 1.08. The first-order chi connectivity index (χ1) is 20.8. The van der Waals surface area contributed by atoms with Crippen molar-refractivity contribution in [1.82, 2.24) is 4.90 Å². The van der Waals surface area contributed by atoms with Crippen LogP contribution in [0.2, 0.25) is 0 Å². The Balaban J connectivity index is 0.000000527. The van der Waals surface area contributed by atoms with Gasteiger partial charge >= 0.3 is 12.1 Å². The summed E-state index contributed by atoms with van der Waals surface area (Å²) in [6, 6.07) is 16.8. The largest absolute Gasteiger partial charge is 0.481 e. The normalized spacial score (nSPS) is 13.2. The number of halogens is 3. The summed E-state index contributed by atoms with van der Waals surface area (Å²) < 4.78 is 40.5. The zero-order valence-electron chi connectivity index (χ0n) is 27.6. The summed E-state index contributed by atoms with van der Waals surface area (Å²) >= 11 is 0. The number of benzene rings is 2. The number of carbonyl (C=O) groups is 1. The van der Waals surface area contributed by atoms with E-state index in [9.17, 15) is 18.0 Å². The van der Waals surface area contributed by atoms with E-state index in [4.69, 9.17) is 14.9 Å². The molecule has 0 spiro atoms. The van der Waals surface area contributed by atoms with Crippen molar-refractivity contribution in [3.63, 3.8) is 0 Å². The molecule has 1 fully saturated rings. The number of carboxylic acid groups (broad SMARTS) is 1. The van der Waals surface area contributed by atoms with E-state index in [1.54, 1.807) is 13.8 Å². The van der Waals surface area contributed by atoms with Gasteiger partial charge in [0.1, 0.15) is 6.61 Å². The monoisotopic (exact) mass is 619 g/mol. The fourth-order valence-electron chi connectivity index (χ4n) is 4.60. The van der Waals surface area contributed by atoms with Gasteiger partial charge in [-0.3, -0.25) is 4.79 Å². The highest BCUT2D eigenvalue weighted by molar-refractivity contribution is 5.71. The molecular formula is C36H52F3NO4. The topological polar surface area (TPSA) is 59.0 Å². The predicted molar refractivity (Wildman–Crippen MR) is 173 cm³/mol. The van der Waals surface area contributed by atoms with Crippen LogP contribution < -0.4 is 0 Å². The van der Waals surface area contributed by atoms with Crippen LogP contribution in [0.15, 0.2) is 71.3 Å². The standard InChI is InChI=1S/C24H27F3O2.C9H19N.C3H6O2/c1-17(2)22(14-20-12-8-9-13-21(20)16-29-28-4)23(15-24(25,26)27)18(3)19-10-6-5-7-11-19;1-3-7-10(2)8-6-9-4-5-9;1-2-3(4)5/h5-13H,14-16H2,1-4H3;9H,3-8H2,1-2H3;2H2,1H3,(H,4,5)/b23-18+;;. The van der Waals surface area contributed by atoms with Crippen molar-refractivity contribution in [2.75, 3.05) is 27.2 Å². The third-order valence-corrected chi connectivity index (χ3v) is 7.35. The van der Waals surface area contributed by atoms with Crippen LogP contribution in [-0.2, 0) is 27.6 Å². The Hall–Kier alpha value is -2.94. The molecule has 0 heterocycles. The quantitative estimate of drug-likeness (QED) is 0.130. The van der Waals surface area contributed by atoms with Crippen molar-refractivity contribution in [3.8, 4) is 0 Å². The van der Waals surface area contributed by atoms with Crippen LogP contribution in [0, 0.1) is 5.92 Å². The highest BCUT2D eigenvalue weighted by atomic mass is 19.4. The molecule has 8 heteroatoms. The molecule has 0 bridgehead atoms. The maximum absolute atomic E-state index is 13.5. The van der Waals surface area contributed by atoms with Gasteiger partial charge in [0.05, 0.1) is 13.5 Å². The molecule has 2 aromatic rings. The first-order valence-electron chi connectivity index (χ1n) is 15.4. The van der Waals surface area contributed by atoms with Crippen molar-refractivity contribution in [1.29, 1.82) is 0 Å². The zero-order valence-corrected chi connectivity index (χ0v) is 27.6. The van der Waals surface area contributed by atoms with Crippen molar-refractivity contribution in [2.45, 2.75) is 92.3 Å². The number of nitrogens with zero attached hydrogens (tertiary/aromatic N) is 1. The first kappa shape index (κ1) is 39.1. The van der Waals surface area contributed by atoms with Gasteiger partial charge in [0.25, 0.3) is 0 Å². The van der Waals surface area contributed by atoms with Gasteiger partial charge in [0.15, 0.2) is 0 Å². The minimum absolute atomic E-state index is 0.222. The fourth-order valence-corrected chi connectivity index (χ4v) is 4.60. The predicted octanol–water partition coefficient (Wildman–Crippen LogP) is 9.68. The summed E-state index contributed by atoms with van der Waals surface area (Å²) in [6.45, 7) is 12.1. The Labute approximate surface area is 262 Å². The summed E-state index contributed by atoms with van der Waals surface area (Å²) in [5.41, 5.74) is 5.13. The van der Waals surface area contributed by atoms with Gasteiger partial charge in [0, 0.05) is 6.42 Å². The number of aliphatic carboxylic acids is 1. The van der Waals surface area contributed by atoms with E-state index in [0.717, 1.165) is 28.2 Å². The first-order valence-corrected chi connectivity index (χ1v) is 15.4. The Morgan fingerprint density at radius 1 is 0.932 bits per heavy atom. The molecule has 1 saturated carbocycles. The van der Waals surface area contributed by atoms with Gasteiger partial charge in [-0.1, -0.05) is 86.9 Å². The average Bonchev–Trinajstić information content (AvgIpc) is 3.82.